The van der Waals surface area contributed by atoms with Crippen LogP contribution >= 0.6 is 11.8 Å². The summed E-state index contributed by atoms with van der Waals surface area (Å²) in [4.78, 5) is 31.3. The zero-order valence-corrected chi connectivity index (χ0v) is 17.8. The molecule has 29 heavy (non-hydrogen) atoms. The van der Waals surface area contributed by atoms with Crippen LogP contribution in [0, 0.1) is 6.92 Å². The first-order chi connectivity index (χ1) is 14.0. The molecule has 2 amide bonds. The summed E-state index contributed by atoms with van der Waals surface area (Å²) in [7, 11) is 0. The molecule has 1 aliphatic heterocycles. The van der Waals surface area contributed by atoms with Crippen molar-refractivity contribution in [3.05, 3.63) is 59.3 Å². The first-order valence-corrected chi connectivity index (χ1v) is 11.0. The molecule has 2 heterocycles. The average Bonchev–Trinajstić information content (AvgIpc) is 3.15. The lowest BCUT2D eigenvalue weighted by molar-refractivity contribution is -0.120. The highest BCUT2D eigenvalue weighted by Crippen LogP contribution is 2.19. The number of hydrogen-bond acceptors (Lipinski definition) is 5. The van der Waals surface area contributed by atoms with Crippen LogP contribution in [-0.2, 0) is 11.3 Å². The van der Waals surface area contributed by atoms with Gasteiger partial charge in [-0.2, -0.15) is 0 Å². The molecule has 2 aromatic rings. The van der Waals surface area contributed by atoms with Crippen molar-refractivity contribution in [1.29, 1.82) is 0 Å². The second-order valence-electron chi connectivity index (χ2n) is 7.25. The van der Waals surface area contributed by atoms with Crippen molar-refractivity contribution in [1.82, 2.24) is 20.5 Å². The number of hydrogen-bond donors (Lipinski definition) is 2. The van der Waals surface area contributed by atoms with Crippen LogP contribution in [0.4, 0.5) is 0 Å². The third-order valence-electron chi connectivity index (χ3n) is 4.87. The number of nitrogens with one attached hydrogen (secondary N) is 2. The van der Waals surface area contributed by atoms with Crippen LogP contribution in [0.3, 0.4) is 0 Å². The minimum atomic E-state index is -0.267. The maximum Gasteiger partial charge on any atom is 0.254 e. The van der Waals surface area contributed by atoms with E-state index in [1.54, 1.807) is 18.3 Å². The molecule has 1 aromatic heterocycles. The molecule has 0 radical (unpaired) electrons. The number of benzene rings is 1. The van der Waals surface area contributed by atoms with Gasteiger partial charge in [-0.1, -0.05) is 36.8 Å². The molecule has 1 aromatic carbocycles. The highest BCUT2D eigenvalue weighted by atomic mass is 32.2. The fourth-order valence-electron chi connectivity index (χ4n) is 3.40. The molecule has 1 aliphatic rings. The number of carbonyl (C=O) groups excluding carboxylic acids is 2. The molecular formula is C22H28N4O2S. The Morgan fingerprint density at radius 2 is 2.03 bits per heavy atom. The number of likely N-dealkylation sites (tertiary alicyclic amines) is 1. The summed E-state index contributed by atoms with van der Waals surface area (Å²) < 4.78 is 0. The van der Waals surface area contributed by atoms with E-state index in [0.717, 1.165) is 31.8 Å². The van der Waals surface area contributed by atoms with E-state index < -0.39 is 0 Å². The Balaban J connectivity index is 1.43. The zero-order chi connectivity index (χ0) is 20.6. The third-order valence-corrected chi connectivity index (χ3v) is 5.76. The number of carbonyl (C=O) groups is 2. The molecule has 0 spiro atoms. The van der Waals surface area contributed by atoms with E-state index in [1.165, 1.54) is 22.9 Å². The van der Waals surface area contributed by atoms with Gasteiger partial charge in [0.25, 0.3) is 5.91 Å². The molecular weight excluding hydrogens is 384 g/mol. The Hall–Kier alpha value is -2.38. The second kappa shape index (κ2) is 10.4. The quantitative estimate of drug-likeness (QED) is 0.652. The lowest BCUT2D eigenvalue weighted by Crippen LogP contribution is -2.43. The van der Waals surface area contributed by atoms with Gasteiger partial charge in [-0.3, -0.25) is 14.5 Å². The fourth-order valence-corrected chi connectivity index (χ4v) is 4.12. The number of amides is 2. The molecule has 1 fully saturated rings. The number of rotatable bonds is 8. The van der Waals surface area contributed by atoms with Crippen molar-refractivity contribution in [2.75, 3.05) is 25.4 Å². The normalized spacial score (nSPS) is 16.6. The van der Waals surface area contributed by atoms with E-state index in [0.29, 0.717) is 10.6 Å². The van der Waals surface area contributed by atoms with Crippen molar-refractivity contribution in [3.63, 3.8) is 0 Å². The Morgan fingerprint density at radius 3 is 2.79 bits per heavy atom. The highest BCUT2D eigenvalue weighted by Gasteiger charge is 2.24. The van der Waals surface area contributed by atoms with E-state index in [2.05, 4.69) is 51.7 Å². The van der Waals surface area contributed by atoms with E-state index in [-0.39, 0.29) is 24.4 Å². The first kappa shape index (κ1) is 21.3. The number of aromatic nitrogens is 1. The van der Waals surface area contributed by atoms with Gasteiger partial charge in [-0.25, -0.2) is 4.98 Å². The molecule has 1 saturated heterocycles. The topological polar surface area (TPSA) is 74.3 Å². The van der Waals surface area contributed by atoms with E-state index in [1.807, 2.05) is 6.92 Å². The minimum absolute atomic E-state index is 0.0293. The zero-order valence-electron chi connectivity index (χ0n) is 17.0. The first-order valence-electron chi connectivity index (χ1n) is 9.98. The minimum Gasteiger partial charge on any atom is -0.350 e. The SMILES string of the molecule is CCSc1ncccc1C(=O)NCC(=O)N[C@@H]1CCN(Cc2ccc(C)cc2)C1. The Bertz CT molecular complexity index is 841. The van der Waals surface area contributed by atoms with Crippen LogP contribution in [0.5, 0.6) is 0 Å². The monoisotopic (exact) mass is 412 g/mol. The highest BCUT2D eigenvalue weighted by molar-refractivity contribution is 7.99. The Morgan fingerprint density at radius 1 is 1.24 bits per heavy atom. The summed E-state index contributed by atoms with van der Waals surface area (Å²) in [6.07, 6.45) is 2.59. The van der Waals surface area contributed by atoms with Crippen LogP contribution in [0.1, 0.15) is 34.8 Å². The van der Waals surface area contributed by atoms with Gasteiger partial charge in [0.2, 0.25) is 5.91 Å². The van der Waals surface area contributed by atoms with Crippen LogP contribution in [-0.4, -0.2) is 53.1 Å². The number of pyridine rings is 1. The van der Waals surface area contributed by atoms with Gasteiger partial charge in [-0.05, 0) is 36.8 Å². The molecule has 2 N–H and O–H groups in total. The summed E-state index contributed by atoms with van der Waals surface area (Å²) >= 11 is 1.51. The Labute approximate surface area is 176 Å². The maximum absolute atomic E-state index is 12.4. The van der Waals surface area contributed by atoms with Crippen LogP contribution in [0.15, 0.2) is 47.6 Å². The molecule has 154 valence electrons. The van der Waals surface area contributed by atoms with Gasteiger partial charge in [-0.15, -0.1) is 11.8 Å². The molecule has 3 rings (SSSR count). The van der Waals surface area contributed by atoms with E-state index in [4.69, 9.17) is 0 Å². The average molecular weight is 413 g/mol. The summed E-state index contributed by atoms with van der Waals surface area (Å²) in [5.41, 5.74) is 3.05. The van der Waals surface area contributed by atoms with Crippen molar-refractivity contribution in [2.24, 2.45) is 0 Å². The van der Waals surface area contributed by atoms with E-state index >= 15 is 0 Å². The van der Waals surface area contributed by atoms with Gasteiger partial charge < -0.3 is 10.6 Å². The molecule has 1 atom stereocenters. The van der Waals surface area contributed by atoms with Crippen LogP contribution in [0.25, 0.3) is 0 Å². The maximum atomic E-state index is 12.4. The summed E-state index contributed by atoms with van der Waals surface area (Å²) in [6, 6.07) is 12.1. The second-order valence-corrected chi connectivity index (χ2v) is 8.50. The van der Waals surface area contributed by atoms with Crippen molar-refractivity contribution < 1.29 is 9.59 Å². The summed E-state index contributed by atoms with van der Waals surface area (Å²) in [6.45, 7) is 6.74. The lowest BCUT2D eigenvalue weighted by Gasteiger charge is -2.17. The van der Waals surface area contributed by atoms with Crippen molar-refractivity contribution in [2.45, 2.75) is 37.9 Å². The molecule has 0 bridgehead atoms. The van der Waals surface area contributed by atoms with Gasteiger partial charge in [0.15, 0.2) is 0 Å². The molecule has 6 nitrogen and oxygen atoms in total. The van der Waals surface area contributed by atoms with Crippen LogP contribution in [0.2, 0.25) is 0 Å². The van der Waals surface area contributed by atoms with Crippen molar-refractivity contribution >= 4 is 23.6 Å². The van der Waals surface area contributed by atoms with Gasteiger partial charge >= 0.3 is 0 Å². The van der Waals surface area contributed by atoms with Crippen LogP contribution < -0.4 is 10.6 Å². The standard InChI is InChI=1S/C22H28N4O2S/c1-3-29-22-19(5-4-11-23-22)21(28)24-13-20(27)25-18-10-12-26(15-18)14-17-8-6-16(2)7-9-17/h4-9,11,18H,3,10,12-15H2,1-2H3,(H,24,28)(H,25,27)/t18-/m1/s1. The van der Waals surface area contributed by atoms with Gasteiger partial charge in [0.1, 0.15) is 5.03 Å². The largest absolute Gasteiger partial charge is 0.350 e. The number of nitrogens with zero attached hydrogens (tertiary/aromatic N) is 2. The molecule has 0 unspecified atom stereocenters. The predicted octanol–water partition coefficient (Wildman–Crippen LogP) is 2.62. The molecule has 7 heteroatoms. The molecule has 0 saturated carbocycles. The van der Waals surface area contributed by atoms with Gasteiger partial charge in [0.05, 0.1) is 12.1 Å². The third kappa shape index (κ3) is 6.30. The summed E-state index contributed by atoms with van der Waals surface area (Å²) in [5.74, 6) is 0.407. The number of aryl methyl sites for hydroxylation is 1. The summed E-state index contributed by atoms with van der Waals surface area (Å²) in [5, 5.41) is 6.43. The lowest BCUT2D eigenvalue weighted by atomic mass is 10.1. The smallest absolute Gasteiger partial charge is 0.254 e. The number of thioether (sulfide) groups is 1. The van der Waals surface area contributed by atoms with E-state index in [9.17, 15) is 9.59 Å². The van der Waals surface area contributed by atoms with Crippen molar-refractivity contribution in [3.8, 4) is 0 Å². The molecule has 0 aliphatic carbocycles. The Kier molecular flexibility index (Phi) is 7.66. The fraction of sp³-hybridized carbons (Fsp3) is 0.409. The predicted molar refractivity (Wildman–Crippen MR) is 116 cm³/mol. The van der Waals surface area contributed by atoms with Gasteiger partial charge in [0, 0.05) is 31.9 Å².